The quantitative estimate of drug-likeness (QED) is 0.855. The van der Waals surface area contributed by atoms with Crippen LogP contribution in [0, 0.1) is 6.92 Å². The lowest BCUT2D eigenvalue weighted by atomic mass is 10.2. The molecule has 1 heterocycles. The van der Waals surface area contributed by atoms with Crippen LogP contribution in [0.1, 0.15) is 11.3 Å². The molecule has 5 nitrogen and oxygen atoms in total. The monoisotopic (exact) mass is 305 g/mol. The molecule has 0 amide bonds. The van der Waals surface area contributed by atoms with Crippen molar-refractivity contribution in [3.63, 3.8) is 0 Å². The first-order chi connectivity index (χ1) is 9.93. The third-order valence-corrected chi connectivity index (χ3v) is 5.42. The second kappa shape index (κ2) is 6.24. The Morgan fingerprint density at radius 1 is 1.19 bits per heavy atom. The Morgan fingerprint density at radius 3 is 2.62 bits per heavy atom. The summed E-state index contributed by atoms with van der Waals surface area (Å²) in [6.45, 7) is 2.09. The number of nitrogen functional groups attached to an aromatic ring is 1. The van der Waals surface area contributed by atoms with Gasteiger partial charge in [0.15, 0.2) is 0 Å². The van der Waals surface area contributed by atoms with Gasteiger partial charge in [-0.3, -0.25) is 4.98 Å². The topological polar surface area (TPSA) is 76.3 Å². The van der Waals surface area contributed by atoms with Crippen LogP contribution in [0.3, 0.4) is 0 Å². The van der Waals surface area contributed by atoms with Gasteiger partial charge in [0.05, 0.1) is 4.90 Å². The van der Waals surface area contributed by atoms with E-state index in [-0.39, 0.29) is 4.90 Å². The number of sulfonamides is 1. The molecule has 0 saturated heterocycles. The van der Waals surface area contributed by atoms with Crippen LogP contribution in [0.5, 0.6) is 0 Å². The zero-order valence-corrected chi connectivity index (χ0v) is 13.0. The van der Waals surface area contributed by atoms with E-state index in [0.717, 1.165) is 5.69 Å². The van der Waals surface area contributed by atoms with Crippen molar-refractivity contribution in [3.05, 3.63) is 53.9 Å². The highest BCUT2D eigenvalue weighted by molar-refractivity contribution is 7.89. The second-order valence-electron chi connectivity index (χ2n) is 4.87. The summed E-state index contributed by atoms with van der Waals surface area (Å²) in [5.41, 5.74) is 7.72. The molecule has 1 aromatic carbocycles. The van der Waals surface area contributed by atoms with E-state index in [1.54, 1.807) is 38.4 Å². The van der Waals surface area contributed by atoms with Gasteiger partial charge < -0.3 is 5.73 Å². The Balaban J connectivity index is 2.17. The van der Waals surface area contributed by atoms with Crippen molar-refractivity contribution in [3.8, 4) is 0 Å². The molecule has 21 heavy (non-hydrogen) atoms. The van der Waals surface area contributed by atoms with Crippen molar-refractivity contribution in [1.29, 1.82) is 0 Å². The van der Waals surface area contributed by atoms with Crippen LogP contribution in [0.4, 0.5) is 5.69 Å². The highest BCUT2D eigenvalue weighted by Crippen LogP contribution is 2.23. The summed E-state index contributed by atoms with van der Waals surface area (Å²) in [4.78, 5) is 4.45. The standard InChI is InChI=1S/C15H19N3O2S/c1-12-14(16)7-5-8-15(12)21(19,20)18(2)11-9-13-6-3-4-10-17-13/h3-8,10H,9,11,16H2,1-2H3. The van der Waals surface area contributed by atoms with Crippen LogP contribution in [0.25, 0.3) is 0 Å². The molecule has 0 aliphatic heterocycles. The zero-order chi connectivity index (χ0) is 15.5. The van der Waals surface area contributed by atoms with E-state index >= 15 is 0 Å². The lowest BCUT2D eigenvalue weighted by molar-refractivity contribution is 0.470. The molecule has 0 saturated carbocycles. The molecule has 0 aliphatic rings. The highest BCUT2D eigenvalue weighted by atomic mass is 32.2. The van der Waals surface area contributed by atoms with Gasteiger partial charge in [-0.25, -0.2) is 12.7 Å². The average molecular weight is 305 g/mol. The first kappa shape index (κ1) is 15.5. The fourth-order valence-electron chi connectivity index (χ4n) is 2.02. The van der Waals surface area contributed by atoms with Gasteiger partial charge in [-0.15, -0.1) is 0 Å². The molecule has 0 bridgehead atoms. The molecule has 2 aromatic rings. The summed E-state index contributed by atoms with van der Waals surface area (Å²) in [6.07, 6.45) is 2.27. The van der Waals surface area contributed by atoms with Gasteiger partial charge in [0.25, 0.3) is 0 Å². The summed E-state index contributed by atoms with van der Waals surface area (Å²) in [6, 6.07) is 10.5. The number of nitrogens with two attached hydrogens (primary N) is 1. The van der Waals surface area contributed by atoms with Crippen molar-refractivity contribution >= 4 is 15.7 Å². The Hall–Kier alpha value is -1.92. The number of pyridine rings is 1. The molecule has 6 heteroatoms. The molecule has 2 rings (SSSR count). The fourth-order valence-corrected chi connectivity index (χ4v) is 3.44. The largest absolute Gasteiger partial charge is 0.398 e. The number of likely N-dealkylation sites (N-methyl/N-ethyl adjacent to an activating group) is 1. The molecule has 0 atom stereocenters. The number of aromatic nitrogens is 1. The minimum atomic E-state index is -3.54. The van der Waals surface area contributed by atoms with E-state index in [2.05, 4.69) is 4.98 Å². The molecule has 0 aliphatic carbocycles. The maximum Gasteiger partial charge on any atom is 0.243 e. The number of hydrogen-bond donors (Lipinski definition) is 1. The zero-order valence-electron chi connectivity index (χ0n) is 12.2. The molecule has 1 aromatic heterocycles. The summed E-state index contributed by atoms with van der Waals surface area (Å²) >= 11 is 0. The Labute approximate surface area is 125 Å². The fraction of sp³-hybridized carbons (Fsp3) is 0.267. The van der Waals surface area contributed by atoms with E-state index < -0.39 is 10.0 Å². The van der Waals surface area contributed by atoms with E-state index in [9.17, 15) is 8.42 Å². The number of benzene rings is 1. The van der Waals surface area contributed by atoms with E-state index in [0.29, 0.717) is 24.2 Å². The van der Waals surface area contributed by atoms with Crippen molar-refractivity contribution < 1.29 is 8.42 Å². The number of nitrogens with zero attached hydrogens (tertiary/aromatic N) is 2. The van der Waals surface area contributed by atoms with Gasteiger partial charge in [-0.2, -0.15) is 0 Å². The minimum absolute atomic E-state index is 0.256. The minimum Gasteiger partial charge on any atom is -0.398 e. The lowest BCUT2D eigenvalue weighted by Crippen LogP contribution is -2.29. The number of hydrogen-bond acceptors (Lipinski definition) is 4. The summed E-state index contributed by atoms with van der Waals surface area (Å²) in [7, 11) is -1.97. The maximum atomic E-state index is 12.6. The molecule has 0 unspecified atom stereocenters. The van der Waals surface area contributed by atoms with Gasteiger partial charge in [0, 0.05) is 37.6 Å². The number of anilines is 1. The summed E-state index contributed by atoms with van der Waals surface area (Å²) in [5.74, 6) is 0. The van der Waals surface area contributed by atoms with E-state index in [4.69, 9.17) is 5.73 Å². The van der Waals surface area contributed by atoms with Crippen molar-refractivity contribution in [1.82, 2.24) is 9.29 Å². The Kier molecular flexibility index (Phi) is 4.59. The smallest absolute Gasteiger partial charge is 0.243 e. The van der Waals surface area contributed by atoms with Crippen molar-refractivity contribution in [2.45, 2.75) is 18.2 Å². The van der Waals surface area contributed by atoms with E-state index in [1.807, 2.05) is 18.2 Å². The third kappa shape index (κ3) is 3.40. The van der Waals surface area contributed by atoms with Crippen molar-refractivity contribution in [2.24, 2.45) is 0 Å². The second-order valence-corrected chi connectivity index (χ2v) is 6.88. The molecular formula is C15H19N3O2S. The Bertz CT molecular complexity index is 715. The average Bonchev–Trinajstić information content (AvgIpc) is 2.48. The van der Waals surface area contributed by atoms with Crippen LogP contribution < -0.4 is 5.73 Å². The predicted octanol–water partition coefficient (Wildman–Crippen LogP) is 1.84. The summed E-state index contributed by atoms with van der Waals surface area (Å²) in [5, 5.41) is 0. The van der Waals surface area contributed by atoms with Gasteiger partial charge in [0.1, 0.15) is 0 Å². The van der Waals surface area contributed by atoms with Crippen LogP contribution in [0.2, 0.25) is 0 Å². The first-order valence-corrected chi connectivity index (χ1v) is 8.08. The van der Waals surface area contributed by atoms with Gasteiger partial charge in [-0.05, 0) is 36.8 Å². The van der Waals surface area contributed by atoms with Crippen LogP contribution >= 0.6 is 0 Å². The molecule has 2 N–H and O–H groups in total. The molecule has 0 spiro atoms. The van der Waals surface area contributed by atoms with Crippen LogP contribution in [-0.2, 0) is 16.4 Å². The highest BCUT2D eigenvalue weighted by Gasteiger charge is 2.23. The summed E-state index contributed by atoms with van der Waals surface area (Å²) < 4.78 is 26.5. The van der Waals surface area contributed by atoms with Gasteiger partial charge >= 0.3 is 0 Å². The molecular weight excluding hydrogens is 286 g/mol. The predicted molar refractivity (Wildman–Crippen MR) is 83.3 cm³/mol. The SMILES string of the molecule is Cc1c(N)cccc1S(=O)(=O)N(C)CCc1ccccn1. The van der Waals surface area contributed by atoms with Crippen LogP contribution in [0.15, 0.2) is 47.5 Å². The van der Waals surface area contributed by atoms with Gasteiger partial charge in [0.2, 0.25) is 10.0 Å². The van der Waals surface area contributed by atoms with Gasteiger partial charge in [-0.1, -0.05) is 12.1 Å². The molecule has 0 radical (unpaired) electrons. The Morgan fingerprint density at radius 2 is 1.95 bits per heavy atom. The normalized spacial score (nSPS) is 11.8. The maximum absolute atomic E-state index is 12.6. The number of rotatable bonds is 5. The van der Waals surface area contributed by atoms with Crippen molar-refractivity contribution in [2.75, 3.05) is 19.3 Å². The lowest BCUT2D eigenvalue weighted by Gasteiger charge is -2.19. The van der Waals surface area contributed by atoms with E-state index in [1.165, 1.54) is 4.31 Å². The molecule has 0 fully saturated rings. The van der Waals surface area contributed by atoms with Crippen LogP contribution in [-0.4, -0.2) is 31.3 Å². The first-order valence-electron chi connectivity index (χ1n) is 6.64. The third-order valence-electron chi connectivity index (χ3n) is 3.42. The molecule has 112 valence electrons.